The number of rotatable bonds is 1. The molecule has 0 amide bonds. The second-order valence-electron chi connectivity index (χ2n) is 7.41. The Morgan fingerprint density at radius 2 is 1.85 bits per heavy atom. The first-order chi connectivity index (χ1) is 9.40. The van der Waals surface area contributed by atoms with Crippen molar-refractivity contribution in [1.82, 2.24) is 0 Å². The average molecular weight is 275 g/mol. The summed E-state index contributed by atoms with van der Waals surface area (Å²) in [5.41, 5.74) is 2.84. The van der Waals surface area contributed by atoms with Crippen molar-refractivity contribution in [2.24, 2.45) is 5.41 Å². The van der Waals surface area contributed by atoms with E-state index in [1.165, 1.54) is 5.56 Å². The second-order valence-corrected chi connectivity index (χ2v) is 7.41. The van der Waals surface area contributed by atoms with Crippen LogP contribution < -0.4 is 5.06 Å². The maximum Gasteiger partial charge on any atom is 0.0845 e. The minimum Gasteiger partial charge on any atom is -0.381 e. The van der Waals surface area contributed by atoms with E-state index in [4.69, 9.17) is 9.57 Å². The molecule has 2 fully saturated rings. The number of anilines is 1. The molecular weight excluding hydrogens is 250 g/mol. The Morgan fingerprint density at radius 3 is 2.50 bits per heavy atom. The maximum atomic E-state index is 5.97. The summed E-state index contributed by atoms with van der Waals surface area (Å²) in [6.45, 7) is 11.4. The predicted octanol–water partition coefficient (Wildman–Crippen LogP) is 3.53. The van der Waals surface area contributed by atoms with Gasteiger partial charge in [-0.05, 0) is 29.5 Å². The minimum absolute atomic E-state index is 0.126. The highest BCUT2D eigenvalue weighted by Gasteiger charge is 2.47. The van der Waals surface area contributed by atoms with Crippen LogP contribution in [0, 0.1) is 5.41 Å². The van der Waals surface area contributed by atoms with Crippen molar-refractivity contribution in [1.29, 1.82) is 0 Å². The molecule has 2 aliphatic heterocycles. The Kier molecular flexibility index (Phi) is 3.30. The van der Waals surface area contributed by atoms with Crippen molar-refractivity contribution in [3.63, 3.8) is 0 Å². The van der Waals surface area contributed by atoms with Crippen LogP contribution in [0.1, 0.15) is 39.7 Å². The zero-order chi connectivity index (χ0) is 14.4. The number of hydrogen-bond donors (Lipinski definition) is 0. The molecule has 0 N–H and O–H groups in total. The van der Waals surface area contributed by atoms with Gasteiger partial charge < -0.3 is 4.74 Å². The summed E-state index contributed by atoms with van der Waals surface area (Å²) >= 11 is 0. The van der Waals surface area contributed by atoms with Gasteiger partial charge in [0.25, 0.3) is 0 Å². The zero-order valence-corrected chi connectivity index (χ0v) is 13.0. The van der Waals surface area contributed by atoms with Gasteiger partial charge in [-0.25, -0.2) is 0 Å². The molecule has 3 rings (SSSR count). The van der Waals surface area contributed by atoms with Gasteiger partial charge in [-0.2, -0.15) is 0 Å². The van der Waals surface area contributed by atoms with E-state index in [0.717, 1.165) is 31.9 Å². The first-order valence-corrected chi connectivity index (χ1v) is 7.51. The van der Waals surface area contributed by atoms with Gasteiger partial charge in [0, 0.05) is 12.0 Å². The van der Waals surface area contributed by atoms with Crippen molar-refractivity contribution in [2.45, 2.75) is 45.6 Å². The van der Waals surface area contributed by atoms with Gasteiger partial charge in [0.2, 0.25) is 0 Å². The van der Waals surface area contributed by atoms with E-state index >= 15 is 0 Å². The van der Waals surface area contributed by atoms with Crippen LogP contribution in [-0.2, 0) is 15.0 Å². The highest BCUT2D eigenvalue weighted by Crippen LogP contribution is 2.41. The number of fused-ring (bicyclic) bond motifs is 1. The van der Waals surface area contributed by atoms with E-state index in [1.807, 2.05) is 0 Å². The van der Waals surface area contributed by atoms with Gasteiger partial charge in [0.1, 0.15) is 0 Å². The van der Waals surface area contributed by atoms with Gasteiger partial charge in [-0.1, -0.05) is 39.8 Å². The molecule has 3 nitrogen and oxygen atoms in total. The van der Waals surface area contributed by atoms with Crippen LogP contribution in [-0.4, -0.2) is 25.9 Å². The first-order valence-electron chi connectivity index (χ1n) is 7.51. The monoisotopic (exact) mass is 275 g/mol. The van der Waals surface area contributed by atoms with E-state index in [1.54, 1.807) is 0 Å². The summed E-state index contributed by atoms with van der Waals surface area (Å²) in [6.07, 6.45) is 1.04. The van der Waals surface area contributed by atoms with E-state index in [-0.39, 0.29) is 10.8 Å². The highest BCUT2D eigenvalue weighted by atomic mass is 16.7. The molecule has 2 aliphatic rings. The number of benzene rings is 1. The molecule has 1 aromatic rings. The lowest BCUT2D eigenvalue weighted by molar-refractivity contribution is 0.00137. The molecule has 0 bridgehead atoms. The molecule has 0 saturated carbocycles. The van der Waals surface area contributed by atoms with Crippen LogP contribution in [0.3, 0.4) is 0 Å². The molecule has 1 aromatic carbocycles. The Morgan fingerprint density at radius 1 is 1.15 bits per heavy atom. The van der Waals surface area contributed by atoms with Crippen molar-refractivity contribution in [3.8, 4) is 0 Å². The Hall–Kier alpha value is -1.06. The normalized spacial score (nSPS) is 30.4. The fraction of sp³-hybridized carbons (Fsp3) is 0.647. The van der Waals surface area contributed by atoms with Crippen molar-refractivity contribution < 1.29 is 9.57 Å². The number of hydroxylamine groups is 1. The van der Waals surface area contributed by atoms with Crippen molar-refractivity contribution in [3.05, 3.63) is 29.8 Å². The predicted molar refractivity (Wildman–Crippen MR) is 80.9 cm³/mol. The third kappa shape index (κ3) is 2.33. The van der Waals surface area contributed by atoms with E-state index in [0.29, 0.717) is 6.04 Å². The smallest absolute Gasteiger partial charge is 0.0845 e. The van der Waals surface area contributed by atoms with Crippen LogP contribution >= 0.6 is 0 Å². The summed E-state index contributed by atoms with van der Waals surface area (Å²) in [6, 6.07) is 9.22. The van der Waals surface area contributed by atoms with Crippen LogP contribution in [0.15, 0.2) is 24.3 Å². The lowest BCUT2D eigenvalue weighted by Crippen LogP contribution is -2.45. The summed E-state index contributed by atoms with van der Waals surface area (Å²) in [7, 11) is 0. The fourth-order valence-corrected chi connectivity index (χ4v) is 3.15. The Labute approximate surface area is 121 Å². The minimum atomic E-state index is 0.126. The highest BCUT2D eigenvalue weighted by molar-refractivity contribution is 5.48. The molecule has 2 saturated heterocycles. The molecule has 0 radical (unpaired) electrons. The third-order valence-corrected chi connectivity index (χ3v) is 4.58. The third-order valence-electron chi connectivity index (χ3n) is 4.58. The standard InChI is InChI=1S/C17H25NO2/c1-16(2,3)13-5-7-14(8-6-13)18-15-9-10-19-11-17(15,4)12-20-18/h5-8,15H,9-12H2,1-4H3. The fourth-order valence-electron chi connectivity index (χ4n) is 3.15. The SMILES string of the molecule is CC(C)(C)c1ccc(N2OCC3(C)COCCC23)cc1. The average Bonchev–Trinajstić information content (AvgIpc) is 2.75. The molecule has 20 heavy (non-hydrogen) atoms. The molecule has 2 atom stereocenters. The van der Waals surface area contributed by atoms with E-state index in [9.17, 15) is 0 Å². The molecule has 0 spiro atoms. The van der Waals surface area contributed by atoms with Gasteiger partial charge in [-0.15, -0.1) is 0 Å². The van der Waals surface area contributed by atoms with Crippen LogP contribution in [0.2, 0.25) is 0 Å². The van der Waals surface area contributed by atoms with E-state index in [2.05, 4.69) is 57.0 Å². The molecule has 3 heteroatoms. The number of nitrogens with zero attached hydrogens (tertiary/aromatic N) is 1. The van der Waals surface area contributed by atoms with Gasteiger partial charge in [0.05, 0.1) is 24.9 Å². The zero-order valence-electron chi connectivity index (χ0n) is 13.0. The van der Waals surface area contributed by atoms with Gasteiger partial charge in [-0.3, -0.25) is 9.90 Å². The molecule has 2 unspecified atom stereocenters. The lowest BCUT2D eigenvalue weighted by Gasteiger charge is -2.37. The van der Waals surface area contributed by atoms with Gasteiger partial charge in [0.15, 0.2) is 0 Å². The number of hydrogen-bond acceptors (Lipinski definition) is 3. The maximum absolute atomic E-state index is 5.97. The van der Waals surface area contributed by atoms with Crippen molar-refractivity contribution in [2.75, 3.05) is 24.9 Å². The molecule has 110 valence electrons. The Balaban J connectivity index is 1.83. The summed E-state index contributed by atoms with van der Waals surface area (Å²) < 4.78 is 5.63. The van der Waals surface area contributed by atoms with Crippen molar-refractivity contribution >= 4 is 5.69 Å². The molecule has 2 heterocycles. The summed E-state index contributed by atoms with van der Waals surface area (Å²) in [4.78, 5) is 5.97. The van der Waals surface area contributed by atoms with Crippen LogP contribution in [0.4, 0.5) is 5.69 Å². The second kappa shape index (κ2) is 4.74. The molecule has 0 aliphatic carbocycles. The first kappa shape index (κ1) is 13.9. The Bertz CT molecular complexity index is 477. The summed E-state index contributed by atoms with van der Waals surface area (Å²) in [5, 5.41) is 2.11. The van der Waals surface area contributed by atoms with Crippen LogP contribution in [0.5, 0.6) is 0 Å². The topological polar surface area (TPSA) is 21.7 Å². The largest absolute Gasteiger partial charge is 0.381 e. The quantitative estimate of drug-likeness (QED) is 0.782. The summed E-state index contributed by atoms with van der Waals surface area (Å²) in [5.74, 6) is 0. The van der Waals surface area contributed by atoms with Crippen LogP contribution in [0.25, 0.3) is 0 Å². The van der Waals surface area contributed by atoms with E-state index < -0.39 is 0 Å². The lowest BCUT2D eigenvalue weighted by atomic mass is 9.81. The van der Waals surface area contributed by atoms with Gasteiger partial charge >= 0.3 is 0 Å². The molecular formula is C17H25NO2. The molecule has 0 aromatic heterocycles. The number of ether oxygens (including phenoxy) is 1.